The van der Waals surface area contributed by atoms with Crippen molar-refractivity contribution in [1.29, 1.82) is 0 Å². The van der Waals surface area contributed by atoms with Gasteiger partial charge in [-0.05, 0) is 65.6 Å². The third kappa shape index (κ3) is 1.75. The standard InChI is InChI=1S/C10H13I/c1-4-9-5-6-10(11)8(3)7(9)2/h5-6H,4H2,1-3H3. The summed E-state index contributed by atoms with van der Waals surface area (Å²) in [6, 6.07) is 4.42. The van der Waals surface area contributed by atoms with Crippen LogP contribution in [0.1, 0.15) is 23.6 Å². The van der Waals surface area contributed by atoms with Crippen molar-refractivity contribution in [3.8, 4) is 0 Å². The molecule has 0 fully saturated rings. The second-order valence-corrected chi connectivity index (χ2v) is 3.97. The Bertz CT molecular complexity index is 264. The molecule has 0 heterocycles. The van der Waals surface area contributed by atoms with Gasteiger partial charge in [-0.25, -0.2) is 0 Å². The molecule has 0 spiro atoms. The van der Waals surface area contributed by atoms with Gasteiger partial charge >= 0.3 is 0 Å². The highest BCUT2D eigenvalue weighted by molar-refractivity contribution is 14.1. The van der Waals surface area contributed by atoms with Crippen LogP contribution in [0.4, 0.5) is 0 Å². The highest BCUT2D eigenvalue weighted by Crippen LogP contribution is 2.19. The zero-order valence-electron chi connectivity index (χ0n) is 7.24. The van der Waals surface area contributed by atoms with Gasteiger partial charge in [0.05, 0.1) is 0 Å². The van der Waals surface area contributed by atoms with Crippen molar-refractivity contribution in [2.45, 2.75) is 27.2 Å². The van der Waals surface area contributed by atoms with Gasteiger partial charge in [0.15, 0.2) is 0 Å². The van der Waals surface area contributed by atoms with Gasteiger partial charge < -0.3 is 0 Å². The summed E-state index contributed by atoms with van der Waals surface area (Å²) in [5.41, 5.74) is 4.37. The third-order valence-electron chi connectivity index (χ3n) is 2.21. The number of hydrogen-bond donors (Lipinski definition) is 0. The van der Waals surface area contributed by atoms with Crippen molar-refractivity contribution in [1.82, 2.24) is 0 Å². The summed E-state index contributed by atoms with van der Waals surface area (Å²) in [5, 5.41) is 0. The Kier molecular flexibility index (Phi) is 2.93. The van der Waals surface area contributed by atoms with Gasteiger partial charge in [-0.1, -0.05) is 13.0 Å². The Balaban J connectivity index is 3.25. The summed E-state index contributed by atoms with van der Waals surface area (Å²) in [4.78, 5) is 0. The normalized spacial score (nSPS) is 10.2. The predicted octanol–water partition coefficient (Wildman–Crippen LogP) is 3.47. The molecular weight excluding hydrogens is 247 g/mol. The zero-order chi connectivity index (χ0) is 8.43. The first-order valence-corrected chi connectivity index (χ1v) is 4.99. The molecular formula is C10H13I. The van der Waals surface area contributed by atoms with E-state index in [2.05, 4.69) is 55.5 Å². The maximum atomic E-state index is 2.38. The molecule has 1 rings (SSSR count). The summed E-state index contributed by atoms with van der Waals surface area (Å²) >= 11 is 2.38. The van der Waals surface area contributed by atoms with Gasteiger partial charge in [0, 0.05) is 3.57 Å². The first kappa shape index (κ1) is 9.04. The molecule has 1 aromatic rings. The molecule has 0 unspecified atom stereocenters. The molecule has 0 aliphatic carbocycles. The van der Waals surface area contributed by atoms with E-state index in [9.17, 15) is 0 Å². The number of halogens is 1. The van der Waals surface area contributed by atoms with Crippen LogP contribution in [0.2, 0.25) is 0 Å². The molecule has 0 nitrogen and oxygen atoms in total. The molecule has 0 aliphatic rings. The molecule has 0 radical (unpaired) electrons. The van der Waals surface area contributed by atoms with E-state index in [1.807, 2.05) is 0 Å². The number of benzene rings is 1. The fourth-order valence-electron chi connectivity index (χ4n) is 1.23. The lowest BCUT2D eigenvalue weighted by molar-refractivity contribution is 1.09. The van der Waals surface area contributed by atoms with Crippen molar-refractivity contribution in [2.24, 2.45) is 0 Å². The molecule has 0 amide bonds. The summed E-state index contributed by atoms with van der Waals surface area (Å²) in [6.07, 6.45) is 1.14. The molecule has 0 aliphatic heterocycles. The average Bonchev–Trinajstić information content (AvgIpc) is 2.01. The highest BCUT2D eigenvalue weighted by Gasteiger charge is 2.01. The van der Waals surface area contributed by atoms with Gasteiger partial charge in [0.25, 0.3) is 0 Å². The fraction of sp³-hybridized carbons (Fsp3) is 0.400. The van der Waals surface area contributed by atoms with E-state index < -0.39 is 0 Å². The van der Waals surface area contributed by atoms with Crippen LogP contribution in [0, 0.1) is 17.4 Å². The Morgan fingerprint density at radius 2 is 1.82 bits per heavy atom. The van der Waals surface area contributed by atoms with E-state index in [4.69, 9.17) is 0 Å². The lowest BCUT2D eigenvalue weighted by atomic mass is 10.0. The van der Waals surface area contributed by atoms with E-state index >= 15 is 0 Å². The van der Waals surface area contributed by atoms with Crippen molar-refractivity contribution >= 4 is 22.6 Å². The topological polar surface area (TPSA) is 0 Å². The SMILES string of the molecule is CCc1ccc(I)c(C)c1C. The zero-order valence-corrected chi connectivity index (χ0v) is 9.40. The lowest BCUT2D eigenvalue weighted by Crippen LogP contribution is -1.92. The van der Waals surface area contributed by atoms with Crippen LogP contribution >= 0.6 is 22.6 Å². The third-order valence-corrected chi connectivity index (χ3v) is 3.38. The number of rotatable bonds is 1. The predicted molar refractivity (Wildman–Crippen MR) is 58.0 cm³/mol. The molecule has 0 aromatic heterocycles. The molecule has 1 aromatic carbocycles. The van der Waals surface area contributed by atoms with Crippen LogP contribution in [-0.4, -0.2) is 0 Å². The van der Waals surface area contributed by atoms with Crippen molar-refractivity contribution in [3.63, 3.8) is 0 Å². The van der Waals surface area contributed by atoms with E-state index in [0.29, 0.717) is 0 Å². The van der Waals surface area contributed by atoms with Crippen LogP contribution in [0.25, 0.3) is 0 Å². The smallest absolute Gasteiger partial charge is 0.0162 e. The van der Waals surface area contributed by atoms with E-state index in [-0.39, 0.29) is 0 Å². The van der Waals surface area contributed by atoms with Gasteiger partial charge in [-0.15, -0.1) is 0 Å². The first-order chi connectivity index (χ1) is 5.16. The Labute approximate surface area is 82.2 Å². The van der Waals surface area contributed by atoms with E-state index in [0.717, 1.165) is 6.42 Å². The highest BCUT2D eigenvalue weighted by atomic mass is 127. The minimum absolute atomic E-state index is 1.14. The van der Waals surface area contributed by atoms with E-state index in [1.165, 1.54) is 20.3 Å². The Morgan fingerprint density at radius 1 is 1.18 bits per heavy atom. The molecule has 1 heteroatoms. The molecule has 0 saturated heterocycles. The molecule has 0 N–H and O–H groups in total. The van der Waals surface area contributed by atoms with Gasteiger partial charge in [0.1, 0.15) is 0 Å². The lowest BCUT2D eigenvalue weighted by Gasteiger charge is -2.07. The van der Waals surface area contributed by atoms with Crippen LogP contribution < -0.4 is 0 Å². The molecule has 0 bridgehead atoms. The second-order valence-electron chi connectivity index (χ2n) is 2.81. The molecule has 11 heavy (non-hydrogen) atoms. The summed E-state index contributed by atoms with van der Waals surface area (Å²) in [5.74, 6) is 0. The average molecular weight is 260 g/mol. The Morgan fingerprint density at radius 3 is 2.36 bits per heavy atom. The number of aryl methyl sites for hydroxylation is 1. The van der Waals surface area contributed by atoms with E-state index in [1.54, 1.807) is 0 Å². The maximum absolute atomic E-state index is 2.38. The largest absolute Gasteiger partial charge is 0.0613 e. The van der Waals surface area contributed by atoms with Crippen LogP contribution in [0.3, 0.4) is 0 Å². The molecule has 0 atom stereocenters. The van der Waals surface area contributed by atoms with Crippen LogP contribution in [-0.2, 0) is 6.42 Å². The quantitative estimate of drug-likeness (QED) is 0.678. The summed E-state index contributed by atoms with van der Waals surface area (Å²) in [7, 11) is 0. The minimum Gasteiger partial charge on any atom is -0.0613 e. The van der Waals surface area contributed by atoms with Crippen molar-refractivity contribution in [3.05, 3.63) is 32.4 Å². The Hall–Kier alpha value is -0.0500. The molecule has 0 saturated carbocycles. The van der Waals surface area contributed by atoms with Gasteiger partial charge in [-0.3, -0.25) is 0 Å². The number of hydrogen-bond acceptors (Lipinski definition) is 0. The second kappa shape index (κ2) is 3.57. The summed E-state index contributed by atoms with van der Waals surface area (Å²) < 4.78 is 1.37. The van der Waals surface area contributed by atoms with Crippen LogP contribution in [0.15, 0.2) is 12.1 Å². The monoisotopic (exact) mass is 260 g/mol. The fourth-order valence-corrected chi connectivity index (χ4v) is 1.81. The van der Waals surface area contributed by atoms with Crippen molar-refractivity contribution < 1.29 is 0 Å². The first-order valence-electron chi connectivity index (χ1n) is 3.91. The van der Waals surface area contributed by atoms with Crippen LogP contribution in [0.5, 0.6) is 0 Å². The maximum Gasteiger partial charge on any atom is 0.0162 e. The molecule has 60 valence electrons. The van der Waals surface area contributed by atoms with Gasteiger partial charge in [-0.2, -0.15) is 0 Å². The summed E-state index contributed by atoms with van der Waals surface area (Å²) in [6.45, 7) is 6.60. The minimum atomic E-state index is 1.14. The van der Waals surface area contributed by atoms with Crippen molar-refractivity contribution in [2.75, 3.05) is 0 Å². The van der Waals surface area contributed by atoms with Gasteiger partial charge in [0.2, 0.25) is 0 Å².